The first-order chi connectivity index (χ1) is 6.57. The van der Waals surface area contributed by atoms with E-state index in [1.165, 1.54) is 5.56 Å². The predicted octanol–water partition coefficient (Wildman–Crippen LogP) is 1.80. The van der Waals surface area contributed by atoms with Crippen molar-refractivity contribution in [2.45, 2.75) is 26.3 Å². The molecule has 0 radical (unpaired) electrons. The Bertz CT molecular complexity index is 259. The number of aryl methyl sites for hydroxylation is 1. The second-order valence-electron chi connectivity index (χ2n) is 3.01. The second kappa shape index (κ2) is 7.09. The lowest BCUT2D eigenvalue weighted by molar-refractivity contribution is -0.138. The Morgan fingerprint density at radius 1 is 1.43 bits per heavy atom. The van der Waals surface area contributed by atoms with Crippen molar-refractivity contribution in [2.75, 3.05) is 0 Å². The van der Waals surface area contributed by atoms with E-state index in [2.05, 4.69) is 19.1 Å². The molecule has 3 N–H and O–H groups in total. The average Bonchev–Trinajstić information content (AvgIpc) is 2.18. The molecule has 0 saturated heterocycles. The van der Waals surface area contributed by atoms with Crippen molar-refractivity contribution in [1.29, 1.82) is 0 Å². The number of nitrogens with two attached hydrogens (primary N) is 1. The van der Waals surface area contributed by atoms with Crippen LogP contribution in [-0.4, -0.2) is 17.1 Å². The Hall–Kier alpha value is -1.35. The van der Waals surface area contributed by atoms with Crippen LogP contribution in [0.1, 0.15) is 18.9 Å². The topological polar surface area (TPSA) is 63.3 Å². The molecular weight excluding hydrogens is 178 g/mol. The zero-order valence-electron chi connectivity index (χ0n) is 8.60. The maximum absolute atomic E-state index is 9.81. The zero-order valence-corrected chi connectivity index (χ0v) is 8.60. The monoisotopic (exact) mass is 195 g/mol. The molecule has 3 nitrogen and oxygen atoms in total. The van der Waals surface area contributed by atoms with E-state index in [-0.39, 0.29) is 0 Å². The van der Waals surface area contributed by atoms with Crippen molar-refractivity contribution in [3.05, 3.63) is 35.9 Å². The van der Waals surface area contributed by atoms with E-state index in [0.717, 1.165) is 0 Å². The molecule has 1 aromatic rings. The summed E-state index contributed by atoms with van der Waals surface area (Å²) in [4.78, 5) is 9.81. The summed E-state index contributed by atoms with van der Waals surface area (Å²) in [5.74, 6) is -0.928. The highest BCUT2D eigenvalue weighted by atomic mass is 16.4. The van der Waals surface area contributed by atoms with E-state index in [4.69, 9.17) is 10.8 Å². The smallest absolute Gasteiger partial charge is 0.320 e. The fraction of sp³-hybridized carbons (Fsp3) is 0.364. The molecule has 0 amide bonds. The zero-order chi connectivity index (χ0) is 11.0. The summed E-state index contributed by atoms with van der Waals surface area (Å²) in [5, 5.41) is 8.06. The van der Waals surface area contributed by atoms with Crippen LogP contribution < -0.4 is 5.73 Å². The van der Waals surface area contributed by atoms with Crippen molar-refractivity contribution >= 4 is 5.97 Å². The number of aliphatic carboxylic acids is 1. The molecule has 0 aliphatic heterocycles. The molecule has 1 aromatic carbocycles. The Kier molecular flexibility index (Phi) is 6.41. The van der Waals surface area contributed by atoms with Crippen LogP contribution in [0.15, 0.2) is 30.3 Å². The number of carbonyl (C=O) groups is 1. The van der Waals surface area contributed by atoms with Gasteiger partial charge >= 0.3 is 5.97 Å². The molecule has 14 heavy (non-hydrogen) atoms. The summed E-state index contributed by atoms with van der Waals surface area (Å²) >= 11 is 0. The lowest BCUT2D eigenvalue weighted by atomic mass is 10.2. The van der Waals surface area contributed by atoms with Crippen molar-refractivity contribution < 1.29 is 9.90 Å². The minimum absolute atomic E-state index is 0.495. The van der Waals surface area contributed by atoms with Gasteiger partial charge in [-0.15, -0.1) is 0 Å². The van der Waals surface area contributed by atoms with Gasteiger partial charge in [0.15, 0.2) is 0 Å². The molecule has 1 atom stereocenters. The molecule has 0 fully saturated rings. The summed E-state index contributed by atoms with van der Waals surface area (Å²) in [6, 6.07) is 9.58. The molecule has 0 saturated carbocycles. The van der Waals surface area contributed by atoms with E-state index >= 15 is 0 Å². The van der Waals surface area contributed by atoms with Crippen LogP contribution in [0.4, 0.5) is 0 Å². The quantitative estimate of drug-likeness (QED) is 0.756. The largest absolute Gasteiger partial charge is 0.480 e. The van der Waals surface area contributed by atoms with Gasteiger partial charge in [-0.05, 0) is 13.3 Å². The molecule has 0 spiro atoms. The first kappa shape index (κ1) is 12.7. The van der Waals surface area contributed by atoms with Crippen molar-refractivity contribution in [3.8, 4) is 0 Å². The lowest BCUT2D eigenvalue weighted by Crippen LogP contribution is -2.28. The van der Waals surface area contributed by atoms with E-state index < -0.39 is 12.0 Å². The third-order valence-electron chi connectivity index (χ3n) is 1.70. The molecule has 78 valence electrons. The predicted molar refractivity (Wildman–Crippen MR) is 57.1 cm³/mol. The Morgan fingerprint density at radius 3 is 2.07 bits per heavy atom. The summed E-state index contributed by atoms with van der Waals surface area (Å²) in [7, 11) is 0. The van der Waals surface area contributed by atoms with E-state index in [1.807, 2.05) is 18.2 Å². The van der Waals surface area contributed by atoms with Gasteiger partial charge in [0.25, 0.3) is 0 Å². The number of carboxylic acid groups (broad SMARTS) is 1. The highest BCUT2D eigenvalue weighted by Gasteiger charge is 2.05. The van der Waals surface area contributed by atoms with Gasteiger partial charge in [-0.1, -0.05) is 42.8 Å². The molecule has 1 rings (SSSR count). The summed E-state index contributed by atoms with van der Waals surface area (Å²) in [6.45, 7) is 3.82. The molecule has 1 unspecified atom stereocenters. The Balaban J connectivity index is 0.000000241. The third kappa shape index (κ3) is 6.20. The molecule has 0 aliphatic rings. The Morgan fingerprint density at radius 2 is 1.93 bits per heavy atom. The minimum atomic E-state index is -0.928. The molecule has 0 heterocycles. The normalized spacial score (nSPS) is 11.1. The maximum Gasteiger partial charge on any atom is 0.320 e. The minimum Gasteiger partial charge on any atom is -0.480 e. The second-order valence-corrected chi connectivity index (χ2v) is 3.01. The third-order valence-corrected chi connectivity index (χ3v) is 1.70. The fourth-order valence-corrected chi connectivity index (χ4v) is 0.709. The summed E-state index contributed by atoms with van der Waals surface area (Å²) in [6.07, 6.45) is 0.495. The van der Waals surface area contributed by atoms with Crippen LogP contribution in [0.2, 0.25) is 0 Å². The summed E-state index contributed by atoms with van der Waals surface area (Å²) < 4.78 is 0. The Labute approximate surface area is 84.6 Å². The fourth-order valence-electron chi connectivity index (χ4n) is 0.709. The van der Waals surface area contributed by atoms with Crippen LogP contribution in [0.5, 0.6) is 0 Å². The van der Waals surface area contributed by atoms with Gasteiger partial charge in [0, 0.05) is 0 Å². The standard InChI is InChI=1S/C7H8.C4H9NO2/c1-7-5-3-2-4-6-7;1-2-3(5)4(6)7/h2-6H,1H3;3H,2,5H2,1H3,(H,6,7). The van der Waals surface area contributed by atoms with E-state index in [9.17, 15) is 4.79 Å². The van der Waals surface area contributed by atoms with Crippen LogP contribution in [0.3, 0.4) is 0 Å². The number of carboxylic acids is 1. The average molecular weight is 195 g/mol. The SMILES string of the molecule is CCC(N)C(=O)O.Cc1ccccc1. The van der Waals surface area contributed by atoms with Gasteiger partial charge in [0.05, 0.1) is 0 Å². The highest BCUT2D eigenvalue weighted by Crippen LogP contribution is 1.92. The molecular formula is C11H17NO2. The van der Waals surface area contributed by atoms with Gasteiger partial charge in [0.2, 0.25) is 0 Å². The number of rotatable bonds is 2. The van der Waals surface area contributed by atoms with Crippen LogP contribution >= 0.6 is 0 Å². The number of hydrogen-bond acceptors (Lipinski definition) is 2. The van der Waals surface area contributed by atoms with Crippen LogP contribution in [0.25, 0.3) is 0 Å². The summed E-state index contributed by atoms with van der Waals surface area (Å²) in [5.41, 5.74) is 6.34. The number of hydrogen-bond donors (Lipinski definition) is 2. The van der Waals surface area contributed by atoms with Gasteiger partial charge in [0.1, 0.15) is 6.04 Å². The van der Waals surface area contributed by atoms with Gasteiger partial charge in [-0.3, -0.25) is 4.79 Å². The molecule has 0 aromatic heterocycles. The highest BCUT2D eigenvalue weighted by molar-refractivity contribution is 5.72. The molecule has 3 heteroatoms. The lowest BCUT2D eigenvalue weighted by Gasteiger charge is -1.97. The van der Waals surface area contributed by atoms with Gasteiger partial charge in [-0.25, -0.2) is 0 Å². The number of benzene rings is 1. The van der Waals surface area contributed by atoms with E-state index in [0.29, 0.717) is 6.42 Å². The molecule has 0 aliphatic carbocycles. The van der Waals surface area contributed by atoms with Gasteiger partial charge < -0.3 is 10.8 Å². The van der Waals surface area contributed by atoms with Crippen LogP contribution in [0, 0.1) is 6.92 Å². The molecule has 0 bridgehead atoms. The van der Waals surface area contributed by atoms with E-state index in [1.54, 1.807) is 6.92 Å². The van der Waals surface area contributed by atoms with Gasteiger partial charge in [-0.2, -0.15) is 0 Å². The van der Waals surface area contributed by atoms with Crippen molar-refractivity contribution in [1.82, 2.24) is 0 Å². The first-order valence-electron chi connectivity index (χ1n) is 4.58. The van der Waals surface area contributed by atoms with Crippen LogP contribution in [-0.2, 0) is 4.79 Å². The van der Waals surface area contributed by atoms with Crippen molar-refractivity contribution in [3.63, 3.8) is 0 Å². The maximum atomic E-state index is 9.81. The first-order valence-corrected chi connectivity index (χ1v) is 4.58. The van der Waals surface area contributed by atoms with Crippen molar-refractivity contribution in [2.24, 2.45) is 5.73 Å².